The van der Waals surface area contributed by atoms with E-state index in [-0.39, 0.29) is 0 Å². The van der Waals surface area contributed by atoms with Crippen LogP contribution in [-0.4, -0.2) is 9.13 Å². The van der Waals surface area contributed by atoms with E-state index in [0.717, 1.165) is 35.3 Å². The van der Waals surface area contributed by atoms with Gasteiger partial charge in [0.1, 0.15) is 0 Å². The number of benzene rings is 6. The normalized spacial score (nSPS) is 12.4. The average molecular weight is 637 g/mol. The Morgan fingerprint density at radius 1 is 0.480 bits per heavy atom. The van der Waals surface area contributed by atoms with Gasteiger partial charge in [-0.3, -0.25) is 0 Å². The monoisotopic (exact) mass is 636 g/mol. The van der Waals surface area contributed by atoms with Crippen LogP contribution < -0.4 is 0 Å². The summed E-state index contributed by atoms with van der Waals surface area (Å²) in [6.07, 6.45) is 6.66. The van der Waals surface area contributed by atoms with Crippen LogP contribution in [0.25, 0.3) is 83.5 Å². The van der Waals surface area contributed by atoms with Crippen LogP contribution in [0.4, 0.5) is 0 Å². The molecule has 7 aromatic carbocycles. The lowest BCUT2D eigenvalue weighted by Crippen LogP contribution is -2.05. The summed E-state index contributed by atoms with van der Waals surface area (Å²) in [5.41, 5.74) is 15.6. The molecule has 2 aromatic heterocycles. The SMILES string of the molecule is c1ccc(-n2c3ccccc3c3c(-c4ccccc4)cccc32)c(-c2ccccc2-n2c3c(c4c(-c5ccccc5)cccc42)C=CCC3)c#1. The summed E-state index contributed by atoms with van der Waals surface area (Å²) in [6, 6.07) is 63.7. The summed E-state index contributed by atoms with van der Waals surface area (Å²) in [5.74, 6) is 0. The number of hydrogen-bond acceptors (Lipinski definition) is 0. The van der Waals surface area contributed by atoms with Gasteiger partial charge in [0.05, 0.1) is 33.5 Å². The van der Waals surface area contributed by atoms with E-state index in [9.17, 15) is 0 Å². The molecule has 10 rings (SSSR count). The number of allylic oxidation sites excluding steroid dienone is 1. The van der Waals surface area contributed by atoms with E-state index in [1.165, 1.54) is 66.2 Å². The third kappa shape index (κ3) is 4.31. The Hall–Kier alpha value is -6.56. The molecule has 234 valence electrons. The highest BCUT2D eigenvalue weighted by atomic mass is 15.0. The van der Waals surface area contributed by atoms with Gasteiger partial charge in [0.2, 0.25) is 0 Å². The molecule has 0 unspecified atom stereocenters. The van der Waals surface area contributed by atoms with Crippen molar-refractivity contribution in [2.75, 3.05) is 0 Å². The molecule has 0 radical (unpaired) electrons. The van der Waals surface area contributed by atoms with E-state index < -0.39 is 0 Å². The standard InChI is InChI=1S/C48H32N2/c1-3-17-33(18-4-1)35-25-15-31-45-47(35)39-23-9-13-29-43(39)49(45)41-27-11-7-21-37(41)38-22-8-12-28-42(38)50-44-30-14-10-24-40(44)48-36(26-16-32-46(48)50)34-19-5-2-6-20-34/h1-7,9-12,14-21,23-28,30-32H,13,29H2. The van der Waals surface area contributed by atoms with E-state index in [1.54, 1.807) is 0 Å². The molecular formula is C48H32N2. The van der Waals surface area contributed by atoms with E-state index in [0.29, 0.717) is 0 Å². The van der Waals surface area contributed by atoms with E-state index >= 15 is 0 Å². The Labute approximate surface area is 291 Å². The van der Waals surface area contributed by atoms with Crippen LogP contribution in [0, 0.1) is 12.1 Å². The Bertz CT molecular complexity index is 2740. The predicted octanol–water partition coefficient (Wildman–Crippen LogP) is 12.3. The second-order valence-electron chi connectivity index (χ2n) is 13.0. The molecular weight excluding hydrogens is 605 g/mol. The summed E-state index contributed by atoms with van der Waals surface area (Å²) in [4.78, 5) is 0. The lowest BCUT2D eigenvalue weighted by molar-refractivity contribution is 0.889. The highest BCUT2D eigenvalue weighted by Crippen LogP contribution is 2.44. The van der Waals surface area contributed by atoms with Crippen LogP contribution in [0.1, 0.15) is 17.7 Å². The van der Waals surface area contributed by atoms with E-state index in [1.807, 2.05) is 6.07 Å². The first-order valence-corrected chi connectivity index (χ1v) is 17.4. The van der Waals surface area contributed by atoms with Gasteiger partial charge < -0.3 is 9.13 Å². The number of hydrogen-bond donors (Lipinski definition) is 0. The summed E-state index contributed by atoms with van der Waals surface area (Å²) >= 11 is 0. The van der Waals surface area contributed by atoms with Crippen LogP contribution in [-0.2, 0) is 6.42 Å². The molecule has 0 aliphatic heterocycles. The van der Waals surface area contributed by atoms with Crippen molar-refractivity contribution >= 4 is 38.8 Å². The second-order valence-corrected chi connectivity index (χ2v) is 13.0. The van der Waals surface area contributed by atoms with Crippen molar-refractivity contribution in [3.63, 3.8) is 0 Å². The van der Waals surface area contributed by atoms with Crippen LogP contribution in [0.2, 0.25) is 0 Å². The molecule has 0 bridgehead atoms. The van der Waals surface area contributed by atoms with Gasteiger partial charge in [-0.2, -0.15) is 0 Å². The minimum absolute atomic E-state index is 0.982. The Kier molecular flexibility index (Phi) is 6.57. The fourth-order valence-electron chi connectivity index (χ4n) is 8.19. The minimum atomic E-state index is 0.982. The Morgan fingerprint density at radius 3 is 1.88 bits per heavy atom. The van der Waals surface area contributed by atoms with Gasteiger partial charge in [0.25, 0.3) is 0 Å². The molecule has 1 aliphatic rings. The van der Waals surface area contributed by atoms with Crippen LogP contribution in [0.15, 0.2) is 164 Å². The Morgan fingerprint density at radius 2 is 1.10 bits per heavy atom. The maximum absolute atomic E-state index is 3.61. The number of aromatic nitrogens is 2. The Balaban J connectivity index is 1.25. The predicted molar refractivity (Wildman–Crippen MR) is 209 cm³/mol. The van der Waals surface area contributed by atoms with Crippen molar-refractivity contribution in [1.29, 1.82) is 0 Å². The minimum Gasteiger partial charge on any atom is -0.312 e. The molecule has 0 amide bonds. The third-order valence-corrected chi connectivity index (χ3v) is 10.3. The van der Waals surface area contributed by atoms with Crippen molar-refractivity contribution in [1.82, 2.24) is 9.13 Å². The van der Waals surface area contributed by atoms with Gasteiger partial charge in [-0.15, -0.1) is 0 Å². The van der Waals surface area contributed by atoms with Gasteiger partial charge in [-0.05, 0) is 71.5 Å². The van der Waals surface area contributed by atoms with Crippen LogP contribution in [0.3, 0.4) is 0 Å². The molecule has 2 nitrogen and oxygen atoms in total. The highest BCUT2D eigenvalue weighted by molar-refractivity contribution is 6.16. The fourth-order valence-corrected chi connectivity index (χ4v) is 8.19. The molecule has 9 aromatic rings. The molecule has 50 heavy (non-hydrogen) atoms. The maximum atomic E-state index is 3.61. The molecule has 0 N–H and O–H groups in total. The summed E-state index contributed by atoms with van der Waals surface area (Å²) in [5, 5.41) is 3.80. The van der Waals surface area contributed by atoms with Crippen molar-refractivity contribution in [2.24, 2.45) is 0 Å². The van der Waals surface area contributed by atoms with Gasteiger partial charge in [0, 0.05) is 33.0 Å². The van der Waals surface area contributed by atoms with Crippen LogP contribution >= 0.6 is 0 Å². The molecule has 0 fully saturated rings. The molecule has 2 heterocycles. The smallest absolute Gasteiger partial charge is 0.0632 e. The van der Waals surface area contributed by atoms with Crippen molar-refractivity contribution < 1.29 is 0 Å². The average Bonchev–Trinajstić information content (AvgIpc) is 3.72. The molecule has 0 spiro atoms. The molecule has 2 heteroatoms. The fraction of sp³-hybridized carbons (Fsp3) is 0.0417. The van der Waals surface area contributed by atoms with Crippen molar-refractivity contribution in [2.45, 2.75) is 12.8 Å². The number of nitrogens with zero attached hydrogens (tertiary/aromatic N) is 2. The van der Waals surface area contributed by atoms with Crippen molar-refractivity contribution in [3.05, 3.63) is 187 Å². The molecule has 0 saturated heterocycles. The largest absolute Gasteiger partial charge is 0.312 e. The van der Waals surface area contributed by atoms with E-state index in [2.05, 4.69) is 185 Å². The summed E-state index contributed by atoms with van der Waals surface area (Å²) in [7, 11) is 0. The zero-order valence-electron chi connectivity index (χ0n) is 27.5. The summed E-state index contributed by atoms with van der Waals surface area (Å²) in [6.45, 7) is 0. The molecule has 1 aliphatic carbocycles. The quantitative estimate of drug-likeness (QED) is 0.178. The lowest BCUT2D eigenvalue weighted by Gasteiger charge is -2.19. The molecule has 0 atom stereocenters. The van der Waals surface area contributed by atoms with Gasteiger partial charge in [-0.25, -0.2) is 0 Å². The third-order valence-electron chi connectivity index (χ3n) is 10.3. The van der Waals surface area contributed by atoms with Gasteiger partial charge >= 0.3 is 0 Å². The molecule has 0 saturated carbocycles. The highest BCUT2D eigenvalue weighted by Gasteiger charge is 2.24. The van der Waals surface area contributed by atoms with Crippen LogP contribution in [0.5, 0.6) is 0 Å². The second kappa shape index (κ2) is 11.5. The van der Waals surface area contributed by atoms with Crippen molar-refractivity contribution in [3.8, 4) is 44.8 Å². The first kappa shape index (κ1) is 28.5. The summed E-state index contributed by atoms with van der Waals surface area (Å²) < 4.78 is 4.94. The number of rotatable bonds is 5. The van der Waals surface area contributed by atoms with Gasteiger partial charge in [-0.1, -0.05) is 146 Å². The zero-order chi connectivity index (χ0) is 33.0. The topological polar surface area (TPSA) is 9.86 Å². The number of para-hydroxylation sites is 2. The number of fused-ring (bicyclic) bond motifs is 6. The zero-order valence-corrected chi connectivity index (χ0v) is 27.5. The van der Waals surface area contributed by atoms with E-state index in [4.69, 9.17) is 0 Å². The maximum Gasteiger partial charge on any atom is 0.0632 e. The first-order chi connectivity index (χ1) is 24.9. The first-order valence-electron chi connectivity index (χ1n) is 17.4. The van der Waals surface area contributed by atoms with Gasteiger partial charge in [0.15, 0.2) is 0 Å². The lowest BCUT2D eigenvalue weighted by atomic mass is 9.95.